The molecule has 0 saturated carbocycles. The Morgan fingerprint density at radius 3 is 2.20 bits per heavy atom. The van der Waals surface area contributed by atoms with Crippen LogP contribution in [0.5, 0.6) is 0 Å². The third-order valence-electron chi connectivity index (χ3n) is 3.89. The van der Waals surface area contributed by atoms with Crippen molar-refractivity contribution in [2.75, 3.05) is 0 Å². The molecule has 0 aliphatic carbocycles. The largest absolute Gasteiger partial charge is 0.494 e. The molecule has 5 nitrogen and oxygen atoms in total. The number of rotatable bonds is 2. The highest BCUT2D eigenvalue weighted by Gasteiger charge is 2.51. The molecular formula is C14H17BN2O3. The summed E-state index contributed by atoms with van der Waals surface area (Å²) < 4.78 is 11.8. The van der Waals surface area contributed by atoms with Crippen LogP contribution in [0.1, 0.15) is 43.6 Å². The summed E-state index contributed by atoms with van der Waals surface area (Å²) >= 11 is 0. The number of nitrogens with zero attached hydrogens (tertiary/aromatic N) is 1. The molecule has 1 aromatic carbocycles. The van der Waals surface area contributed by atoms with Crippen molar-refractivity contribution in [3.8, 4) is 6.07 Å². The maximum atomic E-state index is 11.3. The van der Waals surface area contributed by atoms with Crippen LogP contribution in [0.4, 0.5) is 0 Å². The van der Waals surface area contributed by atoms with Gasteiger partial charge in [0.2, 0.25) is 5.91 Å². The topological polar surface area (TPSA) is 85.3 Å². The number of hydrogen-bond acceptors (Lipinski definition) is 4. The van der Waals surface area contributed by atoms with Crippen molar-refractivity contribution in [3.63, 3.8) is 0 Å². The van der Waals surface area contributed by atoms with Crippen molar-refractivity contribution < 1.29 is 14.1 Å². The minimum atomic E-state index is -0.619. The Bertz CT molecular complexity index is 589. The molecule has 0 unspecified atom stereocenters. The zero-order valence-corrected chi connectivity index (χ0v) is 12.1. The number of benzene rings is 1. The average Bonchev–Trinajstić information content (AvgIpc) is 2.58. The van der Waals surface area contributed by atoms with E-state index in [0.29, 0.717) is 11.0 Å². The van der Waals surface area contributed by atoms with Crippen molar-refractivity contribution >= 4 is 18.5 Å². The van der Waals surface area contributed by atoms with Crippen molar-refractivity contribution in [2.45, 2.75) is 38.9 Å². The number of carbonyl (C=O) groups is 1. The van der Waals surface area contributed by atoms with Gasteiger partial charge in [-0.25, -0.2) is 0 Å². The zero-order valence-electron chi connectivity index (χ0n) is 12.1. The van der Waals surface area contributed by atoms with Gasteiger partial charge in [0.05, 0.1) is 22.8 Å². The maximum Gasteiger partial charge on any atom is 0.494 e. The average molecular weight is 272 g/mol. The lowest BCUT2D eigenvalue weighted by Crippen LogP contribution is -2.41. The van der Waals surface area contributed by atoms with E-state index in [4.69, 9.17) is 20.3 Å². The van der Waals surface area contributed by atoms with E-state index in [0.717, 1.165) is 0 Å². The Labute approximate surface area is 118 Å². The molecule has 1 amide bonds. The summed E-state index contributed by atoms with van der Waals surface area (Å²) in [5, 5.41) is 9.03. The second-order valence-electron chi connectivity index (χ2n) is 5.91. The van der Waals surface area contributed by atoms with Crippen LogP contribution in [0.3, 0.4) is 0 Å². The van der Waals surface area contributed by atoms with E-state index < -0.39 is 24.2 Å². The zero-order chi connectivity index (χ0) is 15.1. The molecule has 104 valence electrons. The Hall–Kier alpha value is -1.84. The van der Waals surface area contributed by atoms with Crippen molar-refractivity contribution in [1.82, 2.24) is 0 Å². The van der Waals surface area contributed by atoms with E-state index in [2.05, 4.69) is 0 Å². The van der Waals surface area contributed by atoms with Gasteiger partial charge < -0.3 is 15.0 Å². The number of hydrogen-bond donors (Lipinski definition) is 1. The second kappa shape index (κ2) is 4.62. The van der Waals surface area contributed by atoms with Crippen LogP contribution >= 0.6 is 0 Å². The van der Waals surface area contributed by atoms with E-state index in [-0.39, 0.29) is 5.56 Å². The SMILES string of the molecule is CC1(C)OB(c2cc(C#N)cc(C(N)=O)c2)OC1(C)C. The molecule has 1 aromatic rings. The lowest BCUT2D eigenvalue weighted by Gasteiger charge is -2.32. The van der Waals surface area contributed by atoms with E-state index in [1.165, 1.54) is 6.07 Å². The summed E-state index contributed by atoms with van der Waals surface area (Å²) in [5.74, 6) is -0.583. The van der Waals surface area contributed by atoms with Crippen molar-refractivity contribution in [1.29, 1.82) is 5.26 Å². The summed E-state index contributed by atoms with van der Waals surface area (Å²) in [6.45, 7) is 7.76. The smallest absolute Gasteiger partial charge is 0.399 e. The van der Waals surface area contributed by atoms with Crippen LogP contribution in [0.15, 0.2) is 18.2 Å². The molecule has 2 rings (SSSR count). The van der Waals surface area contributed by atoms with E-state index in [1.807, 2.05) is 33.8 Å². The van der Waals surface area contributed by atoms with Crippen LogP contribution < -0.4 is 11.2 Å². The molecule has 6 heteroatoms. The van der Waals surface area contributed by atoms with Gasteiger partial charge in [-0.1, -0.05) is 0 Å². The molecule has 1 saturated heterocycles. The number of nitrogens with two attached hydrogens (primary N) is 1. The van der Waals surface area contributed by atoms with Crippen molar-refractivity contribution in [2.24, 2.45) is 5.73 Å². The molecule has 20 heavy (non-hydrogen) atoms. The molecule has 0 radical (unpaired) electrons. The van der Waals surface area contributed by atoms with Gasteiger partial charge in [-0.3, -0.25) is 4.79 Å². The summed E-state index contributed by atoms with van der Waals surface area (Å²) in [4.78, 5) is 11.3. The summed E-state index contributed by atoms with van der Waals surface area (Å²) in [7, 11) is -0.619. The molecule has 0 spiro atoms. The number of nitriles is 1. The Balaban J connectivity index is 2.43. The minimum absolute atomic E-state index is 0.272. The molecule has 2 N–H and O–H groups in total. The Kier molecular flexibility index (Phi) is 3.36. The third kappa shape index (κ3) is 2.42. The van der Waals surface area contributed by atoms with Crippen LogP contribution in [0.25, 0.3) is 0 Å². The normalized spacial score (nSPS) is 19.6. The van der Waals surface area contributed by atoms with Crippen LogP contribution in [-0.2, 0) is 9.31 Å². The molecular weight excluding hydrogens is 255 g/mol. The first kappa shape index (κ1) is 14.6. The van der Waals surface area contributed by atoms with Gasteiger partial charge in [0.15, 0.2) is 0 Å². The van der Waals surface area contributed by atoms with Gasteiger partial charge in [0.25, 0.3) is 0 Å². The van der Waals surface area contributed by atoms with Gasteiger partial charge >= 0.3 is 7.12 Å². The minimum Gasteiger partial charge on any atom is -0.399 e. The van der Waals surface area contributed by atoms with Gasteiger partial charge in [-0.05, 0) is 51.4 Å². The molecule has 0 aromatic heterocycles. The van der Waals surface area contributed by atoms with Gasteiger partial charge in [0.1, 0.15) is 0 Å². The standard InChI is InChI=1S/C14H17BN2O3/c1-13(2)14(3,4)20-15(19-13)11-6-9(8-16)5-10(7-11)12(17)18/h5-7H,1-4H3,(H2,17,18). The first-order valence-corrected chi connectivity index (χ1v) is 6.37. The first-order chi connectivity index (χ1) is 9.16. The van der Waals surface area contributed by atoms with E-state index >= 15 is 0 Å². The van der Waals surface area contributed by atoms with Crippen LogP contribution in [-0.4, -0.2) is 24.2 Å². The summed E-state index contributed by atoms with van der Waals surface area (Å²) in [6, 6.07) is 6.71. The predicted octanol–water partition coefficient (Wildman–Crippen LogP) is 0.956. The second-order valence-corrected chi connectivity index (χ2v) is 5.91. The third-order valence-corrected chi connectivity index (χ3v) is 3.89. The van der Waals surface area contributed by atoms with Crippen LogP contribution in [0.2, 0.25) is 0 Å². The number of carbonyl (C=O) groups excluding carboxylic acids is 1. The quantitative estimate of drug-likeness (QED) is 0.812. The summed E-state index contributed by atoms with van der Waals surface area (Å²) in [5.41, 5.74) is 5.57. The van der Waals surface area contributed by atoms with E-state index in [9.17, 15) is 4.79 Å². The Morgan fingerprint density at radius 2 is 1.75 bits per heavy atom. The van der Waals surface area contributed by atoms with Gasteiger partial charge in [-0.2, -0.15) is 5.26 Å². The highest BCUT2D eigenvalue weighted by molar-refractivity contribution is 6.62. The fraction of sp³-hybridized carbons (Fsp3) is 0.429. The summed E-state index contributed by atoms with van der Waals surface area (Å²) in [6.07, 6.45) is 0. The van der Waals surface area contributed by atoms with Gasteiger partial charge in [-0.15, -0.1) is 0 Å². The number of amides is 1. The highest BCUT2D eigenvalue weighted by Crippen LogP contribution is 2.36. The maximum absolute atomic E-state index is 11.3. The molecule has 0 bridgehead atoms. The molecule has 1 heterocycles. The predicted molar refractivity (Wildman–Crippen MR) is 75.4 cm³/mol. The highest BCUT2D eigenvalue weighted by atomic mass is 16.7. The molecule has 1 fully saturated rings. The molecule has 1 aliphatic heterocycles. The monoisotopic (exact) mass is 272 g/mol. The van der Waals surface area contributed by atoms with Crippen molar-refractivity contribution in [3.05, 3.63) is 29.3 Å². The fourth-order valence-electron chi connectivity index (χ4n) is 1.97. The fourth-order valence-corrected chi connectivity index (χ4v) is 1.97. The first-order valence-electron chi connectivity index (χ1n) is 6.37. The van der Waals surface area contributed by atoms with E-state index in [1.54, 1.807) is 12.1 Å². The van der Waals surface area contributed by atoms with Crippen LogP contribution in [0, 0.1) is 11.3 Å². The lowest BCUT2D eigenvalue weighted by atomic mass is 9.77. The Morgan fingerprint density at radius 1 is 1.20 bits per heavy atom. The van der Waals surface area contributed by atoms with Gasteiger partial charge in [0, 0.05) is 5.56 Å². The molecule has 1 aliphatic rings. The lowest BCUT2D eigenvalue weighted by molar-refractivity contribution is 0.00578. The molecule has 0 atom stereocenters. The number of primary amides is 1.